The zero-order valence-corrected chi connectivity index (χ0v) is 9.56. The van der Waals surface area contributed by atoms with E-state index in [2.05, 4.69) is 6.92 Å². The number of phenols is 1. The van der Waals surface area contributed by atoms with Crippen molar-refractivity contribution in [3.63, 3.8) is 0 Å². The Bertz CT molecular complexity index is 307. The Morgan fingerprint density at radius 3 is 2.50 bits per heavy atom. The molecule has 1 nitrogen and oxygen atoms in total. The smallest absolute Gasteiger partial charge is 0.119 e. The van der Waals surface area contributed by atoms with Gasteiger partial charge in [0, 0.05) is 5.02 Å². The van der Waals surface area contributed by atoms with Gasteiger partial charge in [-0.3, -0.25) is 0 Å². The van der Waals surface area contributed by atoms with Gasteiger partial charge < -0.3 is 5.11 Å². The van der Waals surface area contributed by atoms with Crippen molar-refractivity contribution in [1.29, 1.82) is 0 Å². The van der Waals surface area contributed by atoms with Crippen molar-refractivity contribution in [3.8, 4) is 5.75 Å². The number of hydrogen-bond donors (Lipinski definition) is 1. The lowest BCUT2D eigenvalue weighted by molar-refractivity contribution is 0.468. The largest absolute Gasteiger partial charge is 0.508 e. The van der Waals surface area contributed by atoms with E-state index in [1.54, 1.807) is 6.07 Å². The predicted octanol–water partition coefficient (Wildman–Crippen LogP) is 3.95. The summed E-state index contributed by atoms with van der Waals surface area (Å²) in [7, 11) is 0. The molecule has 0 aromatic heterocycles. The molecule has 0 aliphatic carbocycles. The van der Waals surface area contributed by atoms with Crippen molar-refractivity contribution in [2.45, 2.75) is 39.5 Å². The third-order valence-electron chi connectivity index (χ3n) is 2.43. The summed E-state index contributed by atoms with van der Waals surface area (Å²) in [6.45, 7) is 4.16. The van der Waals surface area contributed by atoms with E-state index in [9.17, 15) is 5.11 Å². The zero-order chi connectivity index (χ0) is 10.6. The summed E-state index contributed by atoms with van der Waals surface area (Å²) >= 11 is 6.10. The molecule has 0 amide bonds. The lowest BCUT2D eigenvalue weighted by Crippen LogP contribution is -1.90. The molecule has 0 fully saturated rings. The minimum absolute atomic E-state index is 0.378. The number of hydrogen-bond acceptors (Lipinski definition) is 1. The standard InChI is InChI=1S/C12H17ClO/c1-3-5-6-10-8-12(14)9(4-2)7-11(10)13/h7-8,14H,3-6H2,1-2H3. The Labute approximate surface area is 90.7 Å². The molecule has 1 aromatic rings. The first-order valence-corrected chi connectivity index (χ1v) is 5.57. The van der Waals surface area contributed by atoms with Gasteiger partial charge >= 0.3 is 0 Å². The fourth-order valence-corrected chi connectivity index (χ4v) is 1.77. The molecule has 1 rings (SSSR count). The summed E-state index contributed by atoms with van der Waals surface area (Å²) in [5, 5.41) is 10.4. The minimum atomic E-state index is 0.378. The van der Waals surface area contributed by atoms with Crippen LogP contribution in [0.4, 0.5) is 0 Å². The van der Waals surface area contributed by atoms with Crippen molar-refractivity contribution in [2.24, 2.45) is 0 Å². The Morgan fingerprint density at radius 2 is 1.93 bits per heavy atom. The van der Waals surface area contributed by atoms with Crippen LogP contribution in [0.15, 0.2) is 12.1 Å². The van der Waals surface area contributed by atoms with Gasteiger partial charge in [-0.1, -0.05) is 31.9 Å². The Morgan fingerprint density at radius 1 is 1.21 bits per heavy atom. The van der Waals surface area contributed by atoms with Gasteiger partial charge in [-0.05, 0) is 42.5 Å². The summed E-state index contributed by atoms with van der Waals surface area (Å²) < 4.78 is 0. The van der Waals surface area contributed by atoms with Crippen molar-refractivity contribution in [1.82, 2.24) is 0 Å². The molecular weight excluding hydrogens is 196 g/mol. The van der Waals surface area contributed by atoms with Gasteiger partial charge in [0.1, 0.15) is 5.75 Å². The highest BCUT2D eigenvalue weighted by Crippen LogP contribution is 2.27. The third-order valence-corrected chi connectivity index (χ3v) is 2.78. The summed E-state index contributed by atoms with van der Waals surface area (Å²) in [4.78, 5) is 0. The van der Waals surface area contributed by atoms with E-state index in [1.807, 2.05) is 13.0 Å². The van der Waals surface area contributed by atoms with Gasteiger partial charge in [-0.25, -0.2) is 0 Å². The number of rotatable bonds is 4. The van der Waals surface area contributed by atoms with E-state index in [0.29, 0.717) is 5.75 Å². The number of benzene rings is 1. The molecule has 0 saturated heterocycles. The first-order valence-electron chi connectivity index (χ1n) is 5.19. The molecule has 1 aromatic carbocycles. The van der Waals surface area contributed by atoms with E-state index in [1.165, 1.54) is 0 Å². The number of phenolic OH excluding ortho intramolecular Hbond substituents is 1. The molecule has 0 aliphatic rings. The first kappa shape index (κ1) is 11.4. The zero-order valence-electron chi connectivity index (χ0n) is 8.81. The lowest BCUT2D eigenvalue weighted by Gasteiger charge is -2.08. The normalized spacial score (nSPS) is 10.5. The van der Waals surface area contributed by atoms with Crippen LogP contribution in [0.5, 0.6) is 5.75 Å². The van der Waals surface area contributed by atoms with Gasteiger partial charge in [0.25, 0.3) is 0 Å². The van der Waals surface area contributed by atoms with Crippen LogP contribution in [0.1, 0.15) is 37.8 Å². The molecular formula is C12H17ClO. The van der Waals surface area contributed by atoms with Crippen LogP contribution in [-0.4, -0.2) is 5.11 Å². The van der Waals surface area contributed by atoms with E-state index in [4.69, 9.17) is 11.6 Å². The molecule has 0 spiro atoms. The van der Waals surface area contributed by atoms with Gasteiger partial charge in [-0.15, -0.1) is 0 Å². The second kappa shape index (κ2) is 5.26. The fourth-order valence-electron chi connectivity index (χ4n) is 1.49. The topological polar surface area (TPSA) is 20.2 Å². The van der Waals surface area contributed by atoms with Crippen molar-refractivity contribution >= 4 is 11.6 Å². The molecule has 1 N–H and O–H groups in total. The Kier molecular flexibility index (Phi) is 4.27. The van der Waals surface area contributed by atoms with Gasteiger partial charge in [0.2, 0.25) is 0 Å². The van der Waals surface area contributed by atoms with Crippen molar-refractivity contribution in [3.05, 3.63) is 28.3 Å². The van der Waals surface area contributed by atoms with Crippen LogP contribution in [-0.2, 0) is 12.8 Å². The maximum atomic E-state index is 9.66. The molecule has 78 valence electrons. The summed E-state index contributed by atoms with van der Waals surface area (Å²) in [5.74, 6) is 0.378. The highest BCUT2D eigenvalue weighted by Gasteiger charge is 2.05. The van der Waals surface area contributed by atoms with Crippen LogP contribution in [0.2, 0.25) is 5.02 Å². The molecule has 2 heteroatoms. The molecule has 0 aliphatic heterocycles. The monoisotopic (exact) mass is 212 g/mol. The van der Waals surface area contributed by atoms with E-state index in [0.717, 1.165) is 41.8 Å². The van der Waals surface area contributed by atoms with Crippen LogP contribution in [0, 0.1) is 0 Å². The van der Waals surface area contributed by atoms with Crippen LogP contribution in [0.25, 0.3) is 0 Å². The molecule has 0 radical (unpaired) electrons. The second-order valence-electron chi connectivity index (χ2n) is 3.53. The van der Waals surface area contributed by atoms with Crippen LogP contribution in [0.3, 0.4) is 0 Å². The molecule has 14 heavy (non-hydrogen) atoms. The molecule has 0 heterocycles. The number of aryl methyl sites for hydroxylation is 2. The van der Waals surface area contributed by atoms with Gasteiger partial charge in [-0.2, -0.15) is 0 Å². The summed E-state index contributed by atoms with van der Waals surface area (Å²) in [6.07, 6.45) is 4.03. The number of unbranched alkanes of at least 4 members (excludes halogenated alkanes) is 1. The first-order chi connectivity index (χ1) is 6.69. The summed E-state index contributed by atoms with van der Waals surface area (Å²) in [5.41, 5.74) is 1.98. The quantitative estimate of drug-likeness (QED) is 0.802. The number of aromatic hydroxyl groups is 1. The number of halogens is 1. The maximum Gasteiger partial charge on any atom is 0.119 e. The SMILES string of the molecule is CCCCc1cc(O)c(CC)cc1Cl. The highest BCUT2D eigenvalue weighted by atomic mass is 35.5. The molecule has 0 unspecified atom stereocenters. The summed E-state index contributed by atoms with van der Waals surface area (Å²) in [6, 6.07) is 3.68. The van der Waals surface area contributed by atoms with Crippen molar-refractivity contribution < 1.29 is 5.11 Å². The maximum absolute atomic E-state index is 9.66. The molecule has 0 bridgehead atoms. The fraction of sp³-hybridized carbons (Fsp3) is 0.500. The Hall–Kier alpha value is -0.690. The van der Waals surface area contributed by atoms with Gasteiger partial charge in [0.05, 0.1) is 0 Å². The second-order valence-corrected chi connectivity index (χ2v) is 3.94. The molecule has 0 saturated carbocycles. The van der Waals surface area contributed by atoms with Crippen LogP contribution >= 0.6 is 11.6 Å². The predicted molar refractivity (Wildman–Crippen MR) is 61.1 cm³/mol. The van der Waals surface area contributed by atoms with E-state index in [-0.39, 0.29) is 0 Å². The highest BCUT2D eigenvalue weighted by molar-refractivity contribution is 6.31. The average Bonchev–Trinajstić information content (AvgIpc) is 2.18. The van der Waals surface area contributed by atoms with Gasteiger partial charge in [0.15, 0.2) is 0 Å². The Balaban J connectivity index is 2.90. The minimum Gasteiger partial charge on any atom is -0.508 e. The lowest BCUT2D eigenvalue weighted by atomic mass is 10.0. The molecule has 0 atom stereocenters. The van der Waals surface area contributed by atoms with E-state index < -0.39 is 0 Å². The average molecular weight is 213 g/mol. The van der Waals surface area contributed by atoms with Crippen LogP contribution < -0.4 is 0 Å². The third kappa shape index (κ3) is 2.65. The van der Waals surface area contributed by atoms with Crippen molar-refractivity contribution in [2.75, 3.05) is 0 Å². The van der Waals surface area contributed by atoms with E-state index >= 15 is 0 Å².